The molecule has 0 bridgehead atoms. The van der Waals surface area contributed by atoms with Gasteiger partial charge >= 0.3 is 5.97 Å². The van der Waals surface area contributed by atoms with Crippen molar-refractivity contribution in [2.75, 3.05) is 20.6 Å². The fraction of sp³-hybridized carbons (Fsp3) is 0.259. The fourth-order valence-corrected chi connectivity index (χ4v) is 3.80. The van der Waals surface area contributed by atoms with Crippen LogP contribution in [-0.4, -0.2) is 36.6 Å². The number of benzene rings is 3. The monoisotopic (exact) mass is 446 g/mol. The van der Waals surface area contributed by atoms with E-state index >= 15 is 0 Å². The summed E-state index contributed by atoms with van der Waals surface area (Å²) in [5.41, 5.74) is 0.923. The quantitative estimate of drug-likeness (QED) is 0.485. The van der Waals surface area contributed by atoms with Crippen molar-refractivity contribution in [1.82, 2.24) is 4.90 Å². The Morgan fingerprint density at radius 1 is 1.09 bits per heavy atom. The lowest BCUT2D eigenvalue weighted by Crippen LogP contribution is -2.30. The molecule has 0 fully saturated rings. The van der Waals surface area contributed by atoms with Crippen molar-refractivity contribution in [2.45, 2.75) is 25.0 Å². The van der Waals surface area contributed by atoms with Gasteiger partial charge in [0, 0.05) is 0 Å². The second-order valence-electron chi connectivity index (χ2n) is 8.20. The molecule has 0 spiro atoms. The summed E-state index contributed by atoms with van der Waals surface area (Å²) in [6.07, 6.45) is 1.03. The Hall–Kier alpha value is -3.53. The Kier molecular flexibility index (Phi) is 7.94. The topological polar surface area (TPSA) is 73.6 Å². The number of nitrogens with zero attached hydrogens (tertiary/aromatic N) is 2. The molecule has 5 nitrogen and oxygen atoms in total. The molecule has 0 unspecified atom stereocenters. The lowest BCUT2D eigenvalue weighted by molar-refractivity contribution is 0.0437. The van der Waals surface area contributed by atoms with E-state index < -0.39 is 17.4 Å². The number of hydrogen-bond donors (Lipinski definition) is 1. The number of carbonyl (C=O) groups is 1. The molecule has 0 aliphatic heterocycles. The SMILES string of the molecule is CN(C)CCC[C@](O)(c1ccc(F)cc1)c1ccc(C#N)cc1COC(=O)c1ccccc1. The second-order valence-corrected chi connectivity index (χ2v) is 8.20. The number of ether oxygens (including phenoxy) is 1. The average Bonchev–Trinajstić information content (AvgIpc) is 2.82. The Morgan fingerprint density at radius 3 is 2.42 bits per heavy atom. The van der Waals surface area contributed by atoms with Gasteiger partial charge in [0.15, 0.2) is 0 Å². The van der Waals surface area contributed by atoms with Crippen LogP contribution in [0.5, 0.6) is 0 Å². The van der Waals surface area contributed by atoms with Gasteiger partial charge in [0.2, 0.25) is 0 Å². The predicted molar refractivity (Wildman–Crippen MR) is 124 cm³/mol. The van der Waals surface area contributed by atoms with E-state index in [4.69, 9.17) is 4.74 Å². The lowest BCUT2D eigenvalue weighted by atomic mass is 9.80. The maximum absolute atomic E-state index is 13.6. The summed E-state index contributed by atoms with van der Waals surface area (Å²) in [7, 11) is 3.90. The molecular weight excluding hydrogens is 419 g/mol. The Morgan fingerprint density at radius 2 is 1.79 bits per heavy atom. The van der Waals surface area contributed by atoms with Gasteiger partial charge in [-0.1, -0.05) is 36.4 Å². The summed E-state index contributed by atoms with van der Waals surface area (Å²) in [4.78, 5) is 14.5. The average molecular weight is 447 g/mol. The van der Waals surface area contributed by atoms with E-state index in [1.807, 2.05) is 25.1 Å². The third kappa shape index (κ3) is 6.04. The lowest BCUT2D eigenvalue weighted by Gasteiger charge is -2.32. The molecule has 0 aromatic heterocycles. The molecule has 6 heteroatoms. The van der Waals surface area contributed by atoms with E-state index in [1.165, 1.54) is 12.1 Å². The molecule has 0 saturated heterocycles. The normalized spacial score (nSPS) is 12.7. The molecular formula is C27H27FN2O3. The van der Waals surface area contributed by atoms with Gasteiger partial charge < -0.3 is 14.7 Å². The van der Waals surface area contributed by atoms with Crippen molar-refractivity contribution < 1.29 is 19.0 Å². The van der Waals surface area contributed by atoms with Crippen LogP contribution in [0.3, 0.4) is 0 Å². The van der Waals surface area contributed by atoms with Gasteiger partial charge in [-0.25, -0.2) is 9.18 Å². The van der Waals surface area contributed by atoms with Crippen LogP contribution in [-0.2, 0) is 16.9 Å². The van der Waals surface area contributed by atoms with Crippen LogP contribution in [0.25, 0.3) is 0 Å². The number of esters is 1. The van der Waals surface area contributed by atoms with Crippen LogP contribution in [0.2, 0.25) is 0 Å². The molecule has 3 aromatic carbocycles. The van der Waals surface area contributed by atoms with Crippen molar-refractivity contribution in [1.29, 1.82) is 5.26 Å². The second kappa shape index (κ2) is 10.9. The van der Waals surface area contributed by atoms with Gasteiger partial charge in [-0.15, -0.1) is 0 Å². The number of hydrogen-bond acceptors (Lipinski definition) is 5. The first-order valence-electron chi connectivity index (χ1n) is 10.7. The van der Waals surface area contributed by atoms with Crippen molar-refractivity contribution in [3.63, 3.8) is 0 Å². The maximum Gasteiger partial charge on any atom is 0.338 e. The first-order valence-corrected chi connectivity index (χ1v) is 10.7. The number of aliphatic hydroxyl groups is 1. The number of carbonyl (C=O) groups excluding carboxylic acids is 1. The number of halogens is 1. The van der Waals surface area contributed by atoms with E-state index in [-0.39, 0.29) is 6.61 Å². The van der Waals surface area contributed by atoms with Crippen LogP contribution in [0, 0.1) is 17.1 Å². The van der Waals surface area contributed by atoms with Gasteiger partial charge in [-0.3, -0.25) is 0 Å². The first-order chi connectivity index (χ1) is 15.8. The highest BCUT2D eigenvalue weighted by atomic mass is 19.1. The van der Waals surface area contributed by atoms with E-state index in [0.717, 1.165) is 6.54 Å². The van der Waals surface area contributed by atoms with Crippen molar-refractivity contribution in [3.8, 4) is 6.07 Å². The standard InChI is InChI=1S/C27H27FN2O3/c1-30(2)16-6-15-27(32,23-10-12-24(28)13-11-23)25-14-9-20(18-29)17-22(25)19-33-26(31)21-7-4-3-5-8-21/h3-5,7-14,17,32H,6,15-16,19H2,1-2H3/t27-/m0/s1. The zero-order chi connectivity index (χ0) is 23.8. The number of rotatable bonds is 9. The molecule has 0 aliphatic carbocycles. The summed E-state index contributed by atoms with van der Waals surface area (Å²) >= 11 is 0. The summed E-state index contributed by atoms with van der Waals surface area (Å²) in [5, 5.41) is 21.3. The summed E-state index contributed by atoms with van der Waals surface area (Å²) < 4.78 is 19.1. The van der Waals surface area contributed by atoms with Crippen LogP contribution in [0.1, 0.15) is 45.5 Å². The Balaban J connectivity index is 1.99. The van der Waals surface area contributed by atoms with Gasteiger partial charge in [0.25, 0.3) is 0 Å². The zero-order valence-electron chi connectivity index (χ0n) is 18.8. The first kappa shape index (κ1) is 24.1. The number of nitriles is 1. The molecule has 0 saturated carbocycles. The molecule has 0 radical (unpaired) electrons. The predicted octanol–water partition coefficient (Wildman–Crippen LogP) is 4.63. The zero-order valence-corrected chi connectivity index (χ0v) is 18.8. The van der Waals surface area contributed by atoms with Gasteiger partial charge in [0.05, 0.1) is 17.2 Å². The van der Waals surface area contributed by atoms with Gasteiger partial charge in [-0.05, 0) is 86.6 Å². The maximum atomic E-state index is 13.6. The van der Waals surface area contributed by atoms with Crippen LogP contribution < -0.4 is 0 Å². The van der Waals surface area contributed by atoms with Crippen LogP contribution >= 0.6 is 0 Å². The molecule has 3 aromatic rings. The molecule has 1 N–H and O–H groups in total. The van der Waals surface area contributed by atoms with Gasteiger partial charge in [0.1, 0.15) is 18.0 Å². The largest absolute Gasteiger partial charge is 0.457 e. The fourth-order valence-electron chi connectivity index (χ4n) is 3.80. The minimum Gasteiger partial charge on any atom is -0.457 e. The molecule has 1 atom stereocenters. The van der Waals surface area contributed by atoms with E-state index in [2.05, 4.69) is 6.07 Å². The van der Waals surface area contributed by atoms with Crippen LogP contribution in [0.4, 0.5) is 4.39 Å². The summed E-state index contributed by atoms with van der Waals surface area (Å²) in [5.74, 6) is -0.895. The third-order valence-electron chi connectivity index (χ3n) is 5.51. The highest BCUT2D eigenvalue weighted by Gasteiger charge is 2.34. The van der Waals surface area contributed by atoms with Crippen molar-refractivity contribution >= 4 is 5.97 Å². The molecule has 33 heavy (non-hydrogen) atoms. The molecule has 0 heterocycles. The highest BCUT2D eigenvalue weighted by Crippen LogP contribution is 2.37. The molecule has 0 aliphatic rings. The smallest absolute Gasteiger partial charge is 0.338 e. The minimum atomic E-state index is -1.45. The van der Waals surface area contributed by atoms with E-state index in [0.29, 0.717) is 40.7 Å². The minimum absolute atomic E-state index is 0.115. The molecule has 0 amide bonds. The third-order valence-corrected chi connectivity index (χ3v) is 5.51. The Labute approximate surface area is 193 Å². The van der Waals surface area contributed by atoms with Crippen molar-refractivity contribution in [2.24, 2.45) is 0 Å². The van der Waals surface area contributed by atoms with E-state index in [9.17, 15) is 19.6 Å². The van der Waals surface area contributed by atoms with E-state index in [1.54, 1.807) is 54.6 Å². The van der Waals surface area contributed by atoms with Crippen molar-refractivity contribution in [3.05, 3.63) is 106 Å². The van der Waals surface area contributed by atoms with Crippen LogP contribution in [0.15, 0.2) is 72.8 Å². The highest BCUT2D eigenvalue weighted by molar-refractivity contribution is 5.89. The molecule has 3 rings (SSSR count). The molecule has 170 valence electrons. The summed E-state index contributed by atoms with van der Waals surface area (Å²) in [6.45, 7) is 0.633. The van der Waals surface area contributed by atoms with Gasteiger partial charge in [-0.2, -0.15) is 5.26 Å². The summed E-state index contributed by atoms with van der Waals surface area (Å²) in [6, 6.07) is 21.4. The Bertz CT molecular complexity index is 1120.